The summed E-state index contributed by atoms with van der Waals surface area (Å²) in [4.78, 5) is 11.3. The van der Waals surface area contributed by atoms with Crippen LogP contribution in [0.1, 0.15) is 5.56 Å². The average molecular weight is 244 g/mol. The van der Waals surface area contributed by atoms with E-state index in [0.717, 1.165) is 10.6 Å². The van der Waals surface area contributed by atoms with E-state index < -0.39 is 0 Å². The average Bonchev–Trinajstić information content (AvgIpc) is 2.39. The van der Waals surface area contributed by atoms with Gasteiger partial charge >= 0.3 is 0 Å². The van der Waals surface area contributed by atoms with E-state index in [-0.39, 0.29) is 0 Å². The Labute approximate surface area is 105 Å². The number of rotatable bonds is 5. The molecule has 0 bridgehead atoms. The number of carbonyl (C=O) groups excluding carboxylic acids is 1. The summed E-state index contributed by atoms with van der Waals surface area (Å²) in [6.07, 6.45) is 0. The summed E-state index contributed by atoms with van der Waals surface area (Å²) in [5.74, 6) is 1.48. The van der Waals surface area contributed by atoms with Gasteiger partial charge < -0.3 is 4.74 Å². The van der Waals surface area contributed by atoms with Crippen LogP contribution in [-0.2, 0) is 10.5 Å². The zero-order valence-corrected chi connectivity index (χ0v) is 10.0. The normalized spacial score (nSPS) is 9.88. The molecule has 0 unspecified atom stereocenters. The van der Waals surface area contributed by atoms with E-state index in [1.807, 2.05) is 36.4 Å². The fourth-order valence-electron chi connectivity index (χ4n) is 1.45. The zero-order valence-electron chi connectivity index (χ0n) is 9.21. The fourth-order valence-corrected chi connectivity index (χ4v) is 2.40. The molecule has 2 aromatic rings. The van der Waals surface area contributed by atoms with Crippen LogP contribution in [0.25, 0.3) is 0 Å². The van der Waals surface area contributed by atoms with Crippen molar-refractivity contribution in [2.75, 3.05) is 0 Å². The van der Waals surface area contributed by atoms with E-state index in [0.29, 0.717) is 12.2 Å². The van der Waals surface area contributed by atoms with Gasteiger partial charge in [0.25, 0.3) is 6.47 Å². The van der Waals surface area contributed by atoms with Crippen molar-refractivity contribution in [1.82, 2.24) is 0 Å². The Balaban J connectivity index is 2.06. The minimum atomic E-state index is 0.460. The zero-order chi connectivity index (χ0) is 11.9. The summed E-state index contributed by atoms with van der Waals surface area (Å²) in [7, 11) is 0. The van der Waals surface area contributed by atoms with Crippen molar-refractivity contribution in [2.24, 2.45) is 0 Å². The Morgan fingerprint density at radius 1 is 1.00 bits per heavy atom. The summed E-state index contributed by atoms with van der Waals surface area (Å²) in [5, 5.41) is 0. The molecule has 2 rings (SSSR count). The lowest BCUT2D eigenvalue weighted by Crippen LogP contribution is -1.90. The molecule has 2 aromatic carbocycles. The van der Waals surface area contributed by atoms with E-state index in [2.05, 4.69) is 12.1 Å². The lowest BCUT2D eigenvalue weighted by atomic mass is 10.2. The first-order chi connectivity index (χ1) is 8.40. The third kappa shape index (κ3) is 3.36. The van der Waals surface area contributed by atoms with Crippen LogP contribution in [-0.4, -0.2) is 6.47 Å². The van der Waals surface area contributed by atoms with Crippen LogP contribution in [0.3, 0.4) is 0 Å². The van der Waals surface area contributed by atoms with Crippen LogP contribution in [0.2, 0.25) is 0 Å². The molecule has 0 amide bonds. The first-order valence-corrected chi connectivity index (χ1v) is 6.25. The standard InChI is InChI=1S/C14H12O2S/c15-11-16-13-8-4-5-9-14(13)17-10-12-6-2-1-3-7-12/h1-9,11H,10H2. The van der Waals surface area contributed by atoms with Gasteiger partial charge in [-0.3, -0.25) is 4.79 Å². The van der Waals surface area contributed by atoms with Crippen molar-refractivity contribution in [3.05, 3.63) is 60.2 Å². The van der Waals surface area contributed by atoms with Gasteiger partial charge in [-0.15, -0.1) is 11.8 Å². The molecule has 0 aliphatic carbocycles. The van der Waals surface area contributed by atoms with Gasteiger partial charge in [0.2, 0.25) is 0 Å². The Hall–Kier alpha value is -1.74. The second-order valence-electron chi connectivity index (χ2n) is 3.44. The third-order valence-electron chi connectivity index (χ3n) is 2.26. The van der Waals surface area contributed by atoms with E-state index in [1.54, 1.807) is 17.8 Å². The van der Waals surface area contributed by atoms with Crippen LogP contribution in [0, 0.1) is 0 Å². The minimum absolute atomic E-state index is 0.460. The second kappa shape index (κ2) is 6.11. The number of ether oxygens (including phenoxy) is 1. The largest absolute Gasteiger partial charge is 0.428 e. The van der Waals surface area contributed by atoms with Gasteiger partial charge in [0.15, 0.2) is 0 Å². The maximum atomic E-state index is 10.4. The molecule has 86 valence electrons. The molecular formula is C14H12O2S. The van der Waals surface area contributed by atoms with Crippen LogP contribution in [0.4, 0.5) is 0 Å². The Bertz CT molecular complexity index is 483. The van der Waals surface area contributed by atoms with Gasteiger partial charge in [0.1, 0.15) is 5.75 Å². The molecule has 0 spiro atoms. The quantitative estimate of drug-likeness (QED) is 0.594. The molecular weight excluding hydrogens is 232 g/mol. The smallest absolute Gasteiger partial charge is 0.298 e. The predicted octanol–water partition coefficient (Wildman–Crippen LogP) is 3.51. The molecule has 0 heterocycles. The van der Waals surface area contributed by atoms with Gasteiger partial charge in [-0.2, -0.15) is 0 Å². The second-order valence-corrected chi connectivity index (χ2v) is 4.45. The van der Waals surface area contributed by atoms with Crippen molar-refractivity contribution >= 4 is 18.2 Å². The van der Waals surface area contributed by atoms with Crippen molar-refractivity contribution in [3.63, 3.8) is 0 Å². The van der Waals surface area contributed by atoms with Crippen molar-refractivity contribution < 1.29 is 9.53 Å². The van der Waals surface area contributed by atoms with Gasteiger partial charge in [-0.25, -0.2) is 0 Å². The first-order valence-electron chi connectivity index (χ1n) is 5.26. The molecule has 0 N–H and O–H groups in total. The van der Waals surface area contributed by atoms with E-state index in [4.69, 9.17) is 4.74 Å². The fraction of sp³-hybridized carbons (Fsp3) is 0.0714. The molecule has 0 saturated heterocycles. The number of thioether (sulfide) groups is 1. The molecule has 0 aliphatic rings. The summed E-state index contributed by atoms with van der Waals surface area (Å²) in [6, 6.07) is 17.7. The summed E-state index contributed by atoms with van der Waals surface area (Å²) >= 11 is 1.66. The molecule has 0 aromatic heterocycles. The Morgan fingerprint density at radius 2 is 1.71 bits per heavy atom. The highest BCUT2D eigenvalue weighted by atomic mass is 32.2. The molecule has 3 heteroatoms. The molecule has 0 fully saturated rings. The lowest BCUT2D eigenvalue weighted by Gasteiger charge is -2.06. The van der Waals surface area contributed by atoms with Gasteiger partial charge in [0, 0.05) is 5.75 Å². The van der Waals surface area contributed by atoms with E-state index in [1.165, 1.54) is 5.56 Å². The number of benzene rings is 2. The van der Waals surface area contributed by atoms with E-state index in [9.17, 15) is 4.79 Å². The number of carbonyl (C=O) groups is 1. The number of para-hydroxylation sites is 1. The van der Waals surface area contributed by atoms with Crippen LogP contribution in [0.15, 0.2) is 59.5 Å². The Morgan fingerprint density at radius 3 is 2.47 bits per heavy atom. The molecule has 0 atom stereocenters. The Kier molecular flexibility index (Phi) is 4.22. The SMILES string of the molecule is O=COc1ccccc1SCc1ccccc1. The molecule has 0 aliphatic heterocycles. The number of hydrogen-bond donors (Lipinski definition) is 0. The monoisotopic (exact) mass is 244 g/mol. The van der Waals surface area contributed by atoms with Crippen molar-refractivity contribution in [2.45, 2.75) is 10.6 Å². The molecule has 17 heavy (non-hydrogen) atoms. The van der Waals surface area contributed by atoms with Crippen molar-refractivity contribution in [1.29, 1.82) is 0 Å². The van der Waals surface area contributed by atoms with Crippen LogP contribution in [0.5, 0.6) is 5.75 Å². The van der Waals surface area contributed by atoms with Crippen molar-refractivity contribution in [3.8, 4) is 5.75 Å². The van der Waals surface area contributed by atoms with E-state index >= 15 is 0 Å². The highest BCUT2D eigenvalue weighted by molar-refractivity contribution is 7.98. The summed E-state index contributed by atoms with van der Waals surface area (Å²) in [5.41, 5.74) is 1.25. The summed E-state index contributed by atoms with van der Waals surface area (Å²) in [6.45, 7) is 0.460. The minimum Gasteiger partial charge on any atom is -0.428 e. The van der Waals surface area contributed by atoms with Gasteiger partial charge in [0.05, 0.1) is 4.90 Å². The first kappa shape index (κ1) is 11.7. The highest BCUT2D eigenvalue weighted by Crippen LogP contribution is 2.31. The van der Waals surface area contributed by atoms with Gasteiger partial charge in [-0.1, -0.05) is 42.5 Å². The topological polar surface area (TPSA) is 26.3 Å². The maximum absolute atomic E-state index is 10.4. The molecule has 2 nitrogen and oxygen atoms in total. The highest BCUT2D eigenvalue weighted by Gasteiger charge is 2.03. The third-order valence-corrected chi connectivity index (χ3v) is 3.39. The predicted molar refractivity (Wildman–Crippen MR) is 69.1 cm³/mol. The molecule has 0 radical (unpaired) electrons. The number of hydrogen-bond acceptors (Lipinski definition) is 3. The maximum Gasteiger partial charge on any atom is 0.298 e. The molecule has 0 saturated carbocycles. The lowest BCUT2D eigenvalue weighted by molar-refractivity contribution is -0.120. The summed E-state index contributed by atoms with van der Waals surface area (Å²) < 4.78 is 4.92. The van der Waals surface area contributed by atoms with Crippen LogP contribution < -0.4 is 4.74 Å². The van der Waals surface area contributed by atoms with Gasteiger partial charge in [-0.05, 0) is 17.7 Å². The van der Waals surface area contributed by atoms with Crippen LogP contribution >= 0.6 is 11.8 Å².